The Balaban J connectivity index is 2.86. The molecular weight excluding hydrogens is 245 g/mol. The summed E-state index contributed by atoms with van der Waals surface area (Å²) in [6, 6.07) is 0. The molecule has 2 aromatic heterocycles. The second kappa shape index (κ2) is 2.11. The molecule has 0 radical (unpaired) electrons. The molecular formula is C4H2IN5. The zero-order valence-electron chi connectivity index (χ0n) is 4.74. The second-order valence-electron chi connectivity index (χ2n) is 1.67. The summed E-state index contributed by atoms with van der Waals surface area (Å²) < 4.78 is 0.680. The molecule has 0 saturated carbocycles. The Hall–Kier alpha value is -0.790. The topological polar surface area (TPSA) is 67.3 Å². The summed E-state index contributed by atoms with van der Waals surface area (Å²) in [5.41, 5.74) is 1.31. The smallest absolute Gasteiger partial charge is 0.205 e. The number of halogens is 1. The molecule has 2 aromatic rings. The molecule has 0 aliphatic heterocycles. The van der Waals surface area contributed by atoms with Crippen LogP contribution in [0.4, 0.5) is 0 Å². The largest absolute Gasteiger partial charge is 0.229 e. The Morgan fingerprint density at radius 1 is 1.40 bits per heavy atom. The lowest BCUT2D eigenvalue weighted by atomic mass is 10.6. The average molecular weight is 247 g/mol. The van der Waals surface area contributed by atoms with Gasteiger partial charge in [0.15, 0.2) is 3.83 Å². The fraction of sp³-hybridized carbons (Fsp3) is 0. The Morgan fingerprint density at radius 2 is 2.30 bits per heavy atom. The highest BCUT2D eigenvalue weighted by Gasteiger charge is 1.98. The van der Waals surface area contributed by atoms with Crippen molar-refractivity contribution in [2.75, 3.05) is 0 Å². The minimum absolute atomic E-state index is 0.611. The Bertz CT molecular complexity index is 355. The van der Waals surface area contributed by atoms with Crippen molar-refractivity contribution in [2.24, 2.45) is 0 Å². The first kappa shape index (κ1) is 5.96. The summed E-state index contributed by atoms with van der Waals surface area (Å²) in [5, 5.41) is 10.0. The molecule has 2 rings (SSSR count). The summed E-state index contributed by atoms with van der Waals surface area (Å²) in [6.07, 6.45) is 1.63. The maximum atomic E-state index is 4.01. The number of hydrogen-bond acceptors (Lipinski definition) is 4. The van der Waals surface area contributed by atoms with Crippen molar-refractivity contribution in [3.8, 4) is 0 Å². The van der Waals surface area contributed by atoms with Gasteiger partial charge >= 0.3 is 0 Å². The van der Waals surface area contributed by atoms with Crippen LogP contribution in [0.1, 0.15) is 0 Å². The van der Waals surface area contributed by atoms with Crippen molar-refractivity contribution in [2.45, 2.75) is 0 Å². The SMILES string of the molecule is Ic1ncc2n[nH]nc2n1. The highest BCUT2D eigenvalue weighted by molar-refractivity contribution is 14.1. The Kier molecular flexibility index (Phi) is 1.26. The molecule has 0 fully saturated rings. The van der Waals surface area contributed by atoms with E-state index in [2.05, 4.69) is 25.4 Å². The van der Waals surface area contributed by atoms with E-state index in [0.29, 0.717) is 15.0 Å². The normalized spacial score (nSPS) is 10.5. The summed E-state index contributed by atoms with van der Waals surface area (Å²) in [5.74, 6) is 0. The van der Waals surface area contributed by atoms with Crippen LogP contribution in [-0.4, -0.2) is 25.4 Å². The van der Waals surface area contributed by atoms with Gasteiger partial charge in [0.25, 0.3) is 0 Å². The molecule has 0 spiro atoms. The first-order valence-corrected chi connectivity index (χ1v) is 3.63. The third kappa shape index (κ3) is 0.838. The number of hydrogen-bond donors (Lipinski definition) is 1. The molecule has 0 atom stereocenters. The number of nitrogens with zero attached hydrogens (tertiary/aromatic N) is 4. The molecule has 2 heterocycles. The van der Waals surface area contributed by atoms with Crippen molar-refractivity contribution < 1.29 is 0 Å². The van der Waals surface area contributed by atoms with Gasteiger partial charge in [-0.25, -0.2) is 4.98 Å². The Labute approximate surface area is 69.4 Å². The van der Waals surface area contributed by atoms with Crippen molar-refractivity contribution in [1.82, 2.24) is 25.4 Å². The van der Waals surface area contributed by atoms with Crippen LogP contribution >= 0.6 is 22.6 Å². The summed E-state index contributed by atoms with van der Waals surface area (Å²) in [6.45, 7) is 0. The maximum Gasteiger partial charge on any atom is 0.205 e. The van der Waals surface area contributed by atoms with Crippen LogP contribution in [0.3, 0.4) is 0 Å². The standard InChI is InChI=1S/C4H2IN5/c5-4-6-1-2-3(7-4)9-10-8-2/h1H,(H,6,7,8,9,10). The number of nitrogens with one attached hydrogen (secondary N) is 1. The molecule has 50 valence electrons. The molecule has 0 aromatic carbocycles. The van der Waals surface area contributed by atoms with Gasteiger partial charge in [0.1, 0.15) is 5.52 Å². The van der Waals surface area contributed by atoms with Crippen LogP contribution in [0.2, 0.25) is 0 Å². The van der Waals surface area contributed by atoms with Gasteiger partial charge in [0, 0.05) is 22.6 Å². The number of aromatic nitrogens is 5. The van der Waals surface area contributed by atoms with Gasteiger partial charge in [-0.15, -0.1) is 5.10 Å². The summed E-state index contributed by atoms with van der Waals surface area (Å²) in [7, 11) is 0. The first-order valence-electron chi connectivity index (χ1n) is 2.55. The summed E-state index contributed by atoms with van der Waals surface area (Å²) in [4.78, 5) is 7.94. The predicted octanol–water partition coefficient (Wildman–Crippen LogP) is 0.352. The molecule has 0 aliphatic rings. The molecule has 0 bridgehead atoms. The molecule has 6 heteroatoms. The number of H-pyrrole nitrogens is 1. The van der Waals surface area contributed by atoms with E-state index >= 15 is 0 Å². The lowest BCUT2D eigenvalue weighted by Crippen LogP contribution is -1.85. The molecule has 1 N–H and O–H groups in total. The van der Waals surface area contributed by atoms with Crippen molar-refractivity contribution in [3.05, 3.63) is 10.0 Å². The van der Waals surface area contributed by atoms with E-state index in [-0.39, 0.29) is 0 Å². The fourth-order valence-corrected chi connectivity index (χ4v) is 1.00. The van der Waals surface area contributed by atoms with E-state index < -0.39 is 0 Å². The van der Waals surface area contributed by atoms with Crippen molar-refractivity contribution >= 4 is 33.8 Å². The van der Waals surface area contributed by atoms with Gasteiger partial charge in [-0.05, 0) is 0 Å². The molecule has 0 amide bonds. The van der Waals surface area contributed by atoms with E-state index in [1.54, 1.807) is 6.20 Å². The zero-order chi connectivity index (χ0) is 6.97. The molecule has 0 aliphatic carbocycles. The molecule has 10 heavy (non-hydrogen) atoms. The quantitative estimate of drug-likeness (QED) is 0.538. The maximum absolute atomic E-state index is 4.01. The van der Waals surface area contributed by atoms with E-state index in [4.69, 9.17) is 0 Å². The van der Waals surface area contributed by atoms with Crippen molar-refractivity contribution in [3.63, 3.8) is 0 Å². The highest BCUT2D eigenvalue weighted by atomic mass is 127. The highest BCUT2D eigenvalue weighted by Crippen LogP contribution is 2.03. The van der Waals surface area contributed by atoms with E-state index in [1.165, 1.54) is 0 Å². The fourth-order valence-electron chi connectivity index (χ4n) is 0.633. The third-order valence-corrected chi connectivity index (χ3v) is 1.57. The lowest BCUT2D eigenvalue weighted by Gasteiger charge is -1.83. The van der Waals surface area contributed by atoms with Gasteiger partial charge in [-0.2, -0.15) is 15.3 Å². The van der Waals surface area contributed by atoms with Crippen LogP contribution in [0, 0.1) is 3.83 Å². The van der Waals surface area contributed by atoms with E-state index in [1.807, 2.05) is 22.6 Å². The number of aromatic amines is 1. The van der Waals surface area contributed by atoms with Crippen LogP contribution in [0.5, 0.6) is 0 Å². The second-order valence-corrected chi connectivity index (χ2v) is 2.64. The van der Waals surface area contributed by atoms with Crippen LogP contribution in [0.15, 0.2) is 6.20 Å². The molecule has 5 nitrogen and oxygen atoms in total. The number of fused-ring (bicyclic) bond motifs is 1. The number of rotatable bonds is 0. The average Bonchev–Trinajstić information content (AvgIpc) is 2.33. The van der Waals surface area contributed by atoms with Gasteiger partial charge in [0.2, 0.25) is 5.65 Å². The third-order valence-electron chi connectivity index (χ3n) is 1.05. The minimum atomic E-state index is 0.611. The van der Waals surface area contributed by atoms with E-state index in [0.717, 1.165) is 0 Å². The van der Waals surface area contributed by atoms with Crippen LogP contribution < -0.4 is 0 Å². The van der Waals surface area contributed by atoms with E-state index in [9.17, 15) is 0 Å². The monoisotopic (exact) mass is 247 g/mol. The van der Waals surface area contributed by atoms with Gasteiger partial charge in [-0.3, -0.25) is 0 Å². The van der Waals surface area contributed by atoms with Gasteiger partial charge < -0.3 is 0 Å². The van der Waals surface area contributed by atoms with Gasteiger partial charge in [-0.1, -0.05) is 0 Å². The lowest BCUT2D eigenvalue weighted by molar-refractivity contribution is 0.954. The zero-order valence-corrected chi connectivity index (χ0v) is 6.90. The molecule has 0 unspecified atom stereocenters. The van der Waals surface area contributed by atoms with Gasteiger partial charge in [0.05, 0.1) is 6.20 Å². The first-order chi connectivity index (χ1) is 4.86. The Morgan fingerprint density at radius 3 is 3.20 bits per heavy atom. The summed E-state index contributed by atoms with van der Waals surface area (Å²) >= 11 is 2.02. The predicted molar refractivity (Wildman–Crippen MR) is 42.2 cm³/mol. The molecule has 0 saturated heterocycles. The van der Waals surface area contributed by atoms with Crippen molar-refractivity contribution in [1.29, 1.82) is 0 Å². The van der Waals surface area contributed by atoms with Crippen LogP contribution in [-0.2, 0) is 0 Å². The van der Waals surface area contributed by atoms with Crippen LogP contribution in [0.25, 0.3) is 11.2 Å². The minimum Gasteiger partial charge on any atom is -0.229 e.